The molecule has 4 heterocycles. The standard InChI is InChI=1S/C49H53N7O4/c1-31-26-35(37-28-40(50-29-37)42-18-12-24-55(42)48(58)45(54(3)4)34-16-10-7-11-17-34)20-22-38(31)39-23-21-36(27-32(39)2)41-30-51-46(52-41)43-19-13-25-56(43)47(57)44(53-49(59)60-5)33-14-8-6-9-15-33/h6-11,14-17,20-23,26-27,29-30,42-45H,12-13,18-19,24-25,28H2,1-5H3,(H,51,52)(H,53,59)/t42-,43-,44+,45+/m0/s1. The molecule has 0 aliphatic carbocycles. The average Bonchev–Trinajstić information content (AvgIpc) is 4.10. The van der Waals surface area contributed by atoms with E-state index in [1.165, 1.54) is 23.8 Å². The molecule has 60 heavy (non-hydrogen) atoms. The molecule has 0 spiro atoms. The van der Waals surface area contributed by atoms with Crippen LogP contribution in [0.25, 0.3) is 28.0 Å². The molecule has 1 aromatic heterocycles. The zero-order valence-electron chi connectivity index (χ0n) is 35.0. The van der Waals surface area contributed by atoms with E-state index in [-0.39, 0.29) is 29.9 Å². The number of aryl methyl sites for hydroxylation is 2. The lowest BCUT2D eigenvalue weighted by molar-refractivity contribution is -0.136. The lowest BCUT2D eigenvalue weighted by atomic mass is 9.91. The van der Waals surface area contributed by atoms with Crippen molar-refractivity contribution in [3.63, 3.8) is 0 Å². The van der Waals surface area contributed by atoms with Gasteiger partial charge in [-0.1, -0.05) is 91.0 Å². The fourth-order valence-electron chi connectivity index (χ4n) is 9.20. The molecule has 3 aliphatic heterocycles. The summed E-state index contributed by atoms with van der Waals surface area (Å²) in [6.45, 7) is 5.60. The van der Waals surface area contributed by atoms with Crippen molar-refractivity contribution in [2.45, 2.75) is 70.1 Å². The molecular weight excluding hydrogens is 751 g/mol. The Bertz CT molecular complexity index is 2440. The summed E-state index contributed by atoms with van der Waals surface area (Å²) >= 11 is 0. The zero-order chi connectivity index (χ0) is 41.9. The highest BCUT2D eigenvalue weighted by molar-refractivity contribution is 6.04. The third-order valence-electron chi connectivity index (χ3n) is 12.2. The number of carbonyl (C=O) groups excluding carboxylic acids is 3. The number of likely N-dealkylation sites (tertiary alicyclic amines) is 2. The molecule has 0 unspecified atom stereocenters. The molecule has 8 rings (SSSR count). The van der Waals surface area contributed by atoms with Gasteiger partial charge in [0.2, 0.25) is 5.91 Å². The van der Waals surface area contributed by atoms with Crippen LogP contribution < -0.4 is 5.32 Å². The summed E-state index contributed by atoms with van der Waals surface area (Å²) in [4.78, 5) is 59.3. The number of aliphatic imine (C=N–C) groups is 1. The lowest BCUT2D eigenvalue weighted by Crippen LogP contribution is -2.45. The number of aromatic amines is 1. The molecule has 3 aliphatic rings. The molecule has 4 aromatic carbocycles. The van der Waals surface area contributed by atoms with Crippen molar-refractivity contribution in [3.05, 3.63) is 143 Å². The number of benzene rings is 4. The van der Waals surface area contributed by atoms with Gasteiger partial charge in [-0.05, 0) is 110 Å². The molecule has 2 fully saturated rings. The van der Waals surface area contributed by atoms with Crippen LogP contribution in [0.1, 0.15) is 83.9 Å². The third kappa shape index (κ3) is 8.14. The maximum Gasteiger partial charge on any atom is 0.407 e. The van der Waals surface area contributed by atoms with Gasteiger partial charge in [0.25, 0.3) is 5.91 Å². The van der Waals surface area contributed by atoms with Gasteiger partial charge in [-0.25, -0.2) is 9.78 Å². The predicted octanol–water partition coefficient (Wildman–Crippen LogP) is 8.60. The van der Waals surface area contributed by atoms with E-state index in [4.69, 9.17) is 14.7 Å². The number of hydrogen-bond donors (Lipinski definition) is 2. The lowest BCUT2D eigenvalue weighted by Gasteiger charge is -2.32. The van der Waals surface area contributed by atoms with Crippen molar-refractivity contribution in [2.75, 3.05) is 34.3 Å². The van der Waals surface area contributed by atoms with E-state index in [0.717, 1.165) is 83.7 Å². The summed E-state index contributed by atoms with van der Waals surface area (Å²) in [6.07, 6.45) is 7.40. The van der Waals surface area contributed by atoms with Crippen LogP contribution in [0.5, 0.6) is 0 Å². The topological polar surface area (TPSA) is 123 Å². The highest BCUT2D eigenvalue weighted by Crippen LogP contribution is 2.37. The average molecular weight is 804 g/mol. The molecule has 5 aromatic rings. The summed E-state index contributed by atoms with van der Waals surface area (Å²) < 4.78 is 4.85. The number of hydrogen-bond acceptors (Lipinski definition) is 7. The maximum absolute atomic E-state index is 14.0. The summed E-state index contributed by atoms with van der Waals surface area (Å²) in [5, 5.41) is 2.73. The minimum absolute atomic E-state index is 0.00632. The first-order valence-corrected chi connectivity index (χ1v) is 20.9. The number of rotatable bonds is 11. The van der Waals surface area contributed by atoms with Gasteiger partial charge < -0.3 is 24.8 Å². The fourth-order valence-corrected chi connectivity index (χ4v) is 9.20. The van der Waals surface area contributed by atoms with Crippen LogP contribution in [0, 0.1) is 13.8 Å². The van der Waals surface area contributed by atoms with Crippen LogP contribution in [-0.2, 0) is 14.3 Å². The highest BCUT2D eigenvalue weighted by Gasteiger charge is 2.39. The SMILES string of the molecule is COC(=O)N[C@@H](C(=O)N1CCC[C@H]1c1ncc(-c2ccc(-c3ccc(C4=CN=C([C@@H]5CCCN5C(=O)[C@@H](c5ccccc5)N(C)C)C4)cc3C)c(C)c2)[nH]1)c1ccccc1. The second-order valence-corrected chi connectivity index (χ2v) is 16.3. The Morgan fingerprint density at radius 3 is 2.02 bits per heavy atom. The number of carbonyl (C=O) groups is 3. The minimum Gasteiger partial charge on any atom is -0.453 e. The number of alkyl carbamates (subject to hydrolysis) is 1. The van der Waals surface area contributed by atoms with Crippen molar-refractivity contribution in [1.29, 1.82) is 0 Å². The number of ether oxygens (including phenoxy) is 1. The maximum atomic E-state index is 14.0. The largest absolute Gasteiger partial charge is 0.453 e. The molecule has 4 atom stereocenters. The predicted molar refractivity (Wildman–Crippen MR) is 235 cm³/mol. The van der Waals surface area contributed by atoms with Gasteiger partial charge in [0, 0.05) is 31.4 Å². The van der Waals surface area contributed by atoms with Crippen LogP contribution in [0.2, 0.25) is 0 Å². The molecule has 2 saturated heterocycles. The number of H-pyrrole nitrogens is 1. The molecular formula is C49H53N7O4. The number of amides is 3. The first-order valence-electron chi connectivity index (χ1n) is 20.9. The number of allylic oxidation sites excluding steroid dienone is 1. The fraction of sp³-hybridized carbons (Fsp3) is 0.327. The van der Waals surface area contributed by atoms with Crippen LogP contribution in [-0.4, -0.2) is 88.6 Å². The Kier molecular flexibility index (Phi) is 11.8. The van der Waals surface area contributed by atoms with E-state index in [9.17, 15) is 14.4 Å². The van der Waals surface area contributed by atoms with E-state index < -0.39 is 12.1 Å². The van der Waals surface area contributed by atoms with Crippen molar-refractivity contribution >= 4 is 29.2 Å². The Balaban J connectivity index is 0.939. The van der Waals surface area contributed by atoms with Crippen LogP contribution >= 0.6 is 0 Å². The summed E-state index contributed by atoms with van der Waals surface area (Å²) in [7, 11) is 5.23. The van der Waals surface area contributed by atoms with Crippen molar-refractivity contribution in [3.8, 4) is 22.4 Å². The number of nitrogens with zero attached hydrogens (tertiary/aromatic N) is 5. The van der Waals surface area contributed by atoms with E-state index >= 15 is 0 Å². The quantitative estimate of drug-likeness (QED) is 0.138. The van der Waals surface area contributed by atoms with Crippen molar-refractivity contribution in [2.24, 2.45) is 4.99 Å². The molecule has 2 N–H and O–H groups in total. The van der Waals surface area contributed by atoms with Gasteiger partial charge in [0.15, 0.2) is 0 Å². The van der Waals surface area contributed by atoms with Crippen molar-refractivity contribution in [1.82, 2.24) is 30.0 Å². The zero-order valence-corrected chi connectivity index (χ0v) is 35.0. The van der Waals surface area contributed by atoms with Crippen LogP contribution in [0.15, 0.2) is 114 Å². The van der Waals surface area contributed by atoms with Crippen molar-refractivity contribution < 1.29 is 19.1 Å². The number of nitrogens with one attached hydrogen (secondary N) is 2. The number of methoxy groups -OCH3 is 1. The first-order chi connectivity index (χ1) is 29.1. The Morgan fingerprint density at radius 1 is 0.783 bits per heavy atom. The van der Waals surface area contributed by atoms with Gasteiger partial charge in [-0.3, -0.25) is 19.5 Å². The van der Waals surface area contributed by atoms with E-state index in [2.05, 4.69) is 65.4 Å². The summed E-state index contributed by atoms with van der Waals surface area (Å²) in [5.41, 5.74) is 11.6. The molecule has 308 valence electrons. The van der Waals surface area contributed by atoms with Gasteiger partial charge in [-0.2, -0.15) is 0 Å². The molecule has 0 bridgehead atoms. The highest BCUT2D eigenvalue weighted by atomic mass is 16.5. The first kappa shape index (κ1) is 40.4. The van der Waals surface area contributed by atoms with Gasteiger partial charge >= 0.3 is 6.09 Å². The summed E-state index contributed by atoms with van der Waals surface area (Å²) in [5.74, 6) is 0.658. The smallest absolute Gasteiger partial charge is 0.407 e. The van der Waals surface area contributed by atoms with Gasteiger partial charge in [-0.15, -0.1) is 0 Å². The van der Waals surface area contributed by atoms with E-state index in [0.29, 0.717) is 12.1 Å². The molecule has 11 nitrogen and oxygen atoms in total. The molecule has 11 heteroatoms. The minimum atomic E-state index is -0.871. The van der Waals surface area contributed by atoms with Gasteiger partial charge in [0.1, 0.15) is 17.9 Å². The van der Waals surface area contributed by atoms with Gasteiger partial charge in [0.05, 0.1) is 31.1 Å². The normalized spacial score (nSPS) is 18.6. The molecule has 0 saturated carbocycles. The second-order valence-electron chi connectivity index (χ2n) is 16.3. The second kappa shape index (κ2) is 17.5. The number of likely N-dealkylation sites (N-methyl/N-ethyl adjacent to an activating group) is 1. The monoisotopic (exact) mass is 803 g/mol. The van der Waals surface area contributed by atoms with E-state index in [1.807, 2.05) is 97.0 Å². The van der Waals surface area contributed by atoms with E-state index in [1.54, 1.807) is 0 Å². The molecule has 3 amide bonds. The number of imidazole rings is 1. The Labute approximate surface area is 352 Å². The Morgan fingerprint density at radius 2 is 1.38 bits per heavy atom. The van der Waals surface area contributed by atoms with Crippen LogP contribution in [0.3, 0.4) is 0 Å². The number of aromatic nitrogens is 2. The third-order valence-corrected chi connectivity index (χ3v) is 12.2. The summed E-state index contributed by atoms with van der Waals surface area (Å²) in [6, 6.07) is 30.9. The van der Waals surface area contributed by atoms with Crippen LogP contribution in [0.4, 0.5) is 4.79 Å². The Hall–Kier alpha value is -6.33. The molecule has 0 radical (unpaired) electrons.